The molecule has 0 fully saturated rings. The summed E-state index contributed by atoms with van der Waals surface area (Å²) in [7, 11) is 0. The minimum Gasteiger partial charge on any atom is -0.478 e. The number of nitrogens with one attached hydrogen (secondary N) is 1. The van der Waals surface area contributed by atoms with Gasteiger partial charge in [-0.15, -0.1) is 0 Å². The third kappa shape index (κ3) is 3.83. The number of fused-ring (bicyclic) bond motifs is 1. The predicted octanol–water partition coefficient (Wildman–Crippen LogP) is 6.47. The number of hydrogen-bond donors (Lipinski definition) is 2. The molecule has 0 spiro atoms. The van der Waals surface area contributed by atoms with Crippen LogP contribution in [0.25, 0.3) is 22.0 Å². The Labute approximate surface area is 169 Å². The molecule has 1 aromatic heterocycles. The van der Waals surface area contributed by atoms with Crippen molar-refractivity contribution < 1.29 is 9.90 Å². The maximum Gasteiger partial charge on any atom is 0.335 e. The lowest BCUT2D eigenvalue weighted by atomic mass is 10.0. The van der Waals surface area contributed by atoms with Gasteiger partial charge in [0, 0.05) is 22.0 Å². The monoisotopic (exact) mass is 382 g/mol. The number of nitrogens with zero attached hydrogens (tertiary/aromatic N) is 1. The van der Waals surface area contributed by atoms with Gasteiger partial charge in [-0.05, 0) is 35.7 Å². The van der Waals surface area contributed by atoms with Gasteiger partial charge >= 0.3 is 5.97 Å². The molecule has 144 valence electrons. The highest BCUT2D eigenvalue weighted by molar-refractivity contribution is 6.02. The maximum atomic E-state index is 11.1. The van der Waals surface area contributed by atoms with Crippen LogP contribution in [0.2, 0.25) is 0 Å². The molecule has 29 heavy (non-hydrogen) atoms. The first-order valence-corrected chi connectivity index (χ1v) is 9.61. The molecule has 0 saturated heterocycles. The fraction of sp³-hybridized carbons (Fsp3) is 0.120. The van der Waals surface area contributed by atoms with E-state index in [4.69, 9.17) is 10.1 Å². The Morgan fingerprint density at radius 2 is 1.66 bits per heavy atom. The quantitative estimate of drug-likeness (QED) is 0.415. The molecule has 0 unspecified atom stereocenters. The SMILES string of the molecule is CC(C)c1cccc(Nc2cnc(-c3ccc(C(=O)O)cc3)c3ccccc23)c1. The fourth-order valence-electron chi connectivity index (χ4n) is 3.42. The van der Waals surface area contributed by atoms with Crippen molar-refractivity contribution in [3.05, 3.63) is 90.1 Å². The second-order valence-electron chi connectivity index (χ2n) is 7.35. The van der Waals surface area contributed by atoms with E-state index in [1.54, 1.807) is 24.3 Å². The zero-order valence-electron chi connectivity index (χ0n) is 16.4. The number of aromatic carboxylic acids is 1. The standard InChI is InChI=1S/C25H22N2O2/c1-16(2)19-6-5-7-20(14-19)27-23-15-26-24(22-9-4-3-8-21(22)23)17-10-12-18(13-11-17)25(28)29/h3-16,27H,1-2H3,(H,28,29). The molecular weight excluding hydrogens is 360 g/mol. The van der Waals surface area contributed by atoms with Crippen LogP contribution in [-0.2, 0) is 0 Å². The molecule has 2 N–H and O–H groups in total. The van der Waals surface area contributed by atoms with Crippen molar-refractivity contribution >= 4 is 28.1 Å². The molecule has 4 aromatic rings. The van der Waals surface area contributed by atoms with Crippen molar-refractivity contribution in [3.8, 4) is 11.3 Å². The number of aromatic nitrogens is 1. The van der Waals surface area contributed by atoms with Gasteiger partial charge < -0.3 is 10.4 Å². The summed E-state index contributed by atoms with van der Waals surface area (Å²) in [6.07, 6.45) is 1.84. The van der Waals surface area contributed by atoms with Gasteiger partial charge in [0.15, 0.2) is 0 Å². The molecule has 0 atom stereocenters. The third-order valence-corrected chi connectivity index (χ3v) is 5.03. The highest BCUT2D eigenvalue weighted by Crippen LogP contribution is 2.33. The number of benzene rings is 3. The first-order chi connectivity index (χ1) is 14.0. The van der Waals surface area contributed by atoms with Crippen molar-refractivity contribution in [2.24, 2.45) is 0 Å². The zero-order valence-corrected chi connectivity index (χ0v) is 16.4. The zero-order chi connectivity index (χ0) is 20.4. The maximum absolute atomic E-state index is 11.1. The van der Waals surface area contributed by atoms with Gasteiger partial charge in [0.25, 0.3) is 0 Å². The number of anilines is 2. The smallest absolute Gasteiger partial charge is 0.335 e. The summed E-state index contributed by atoms with van der Waals surface area (Å²) in [5.41, 5.74) is 5.23. The van der Waals surface area contributed by atoms with Crippen LogP contribution in [0.1, 0.15) is 35.7 Å². The molecular formula is C25H22N2O2. The van der Waals surface area contributed by atoms with E-state index in [2.05, 4.69) is 49.5 Å². The van der Waals surface area contributed by atoms with E-state index in [-0.39, 0.29) is 5.56 Å². The van der Waals surface area contributed by atoms with Crippen LogP contribution in [0.4, 0.5) is 11.4 Å². The van der Waals surface area contributed by atoms with E-state index >= 15 is 0 Å². The lowest BCUT2D eigenvalue weighted by Crippen LogP contribution is -1.97. The summed E-state index contributed by atoms with van der Waals surface area (Å²) in [5.74, 6) is -0.472. The van der Waals surface area contributed by atoms with E-state index in [1.165, 1.54) is 5.56 Å². The highest BCUT2D eigenvalue weighted by atomic mass is 16.4. The minimum atomic E-state index is -0.933. The fourth-order valence-corrected chi connectivity index (χ4v) is 3.42. The summed E-state index contributed by atoms with van der Waals surface area (Å²) < 4.78 is 0. The first-order valence-electron chi connectivity index (χ1n) is 9.61. The van der Waals surface area contributed by atoms with Gasteiger partial charge in [0.2, 0.25) is 0 Å². The van der Waals surface area contributed by atoms with Crippen LogP contribution < -0.4 is 5.32 Å². The Balaban J connectivity index is 1.76. The van der Waals surface area contributed by atoms with Crippen LogP contribution in [0.3, 0.4) is 0 Å². The lowest BCUT2D eigenvalue weighted by Gasteiger charge is -2.14. The van der Waals surface area contributed by atoms with E-state index in [9.17, 15) is 4.79 Å². The second kappa shape index (κ2) is 7.76. The van der Waals surface area contributed by atoms with Gasteiger partial charge in [0.1, 0.15) is 0 Å². The molecule has 4 nitrogen and oxygen atoms in total. The molecule has 0 aliphatic rings. The molecule has 0 bridgehead atoms. The summed E-state index contributed by atoms with van der Waals surface area (Å²) in [5, 5.41) is 14.7. The Kier molecular flexibility index (Phi) is 5.00. The van der Waals surface area contributed by atoms with Crippen molar-refractivity contribution in [3.63, 3.8) is 0 Å². The molecule has 0 saturated carbocycles. The molecule has 4 heteroatoms. The largest absolute Gasteiger partial charge is 0.478 e. The van der Waals surface area contributed by atoms with Gasteiger partial charge in [-0.1, -0.05) is 62.4 Å². The lowest BCUT2D eigenvalue weighted by molar-refractivity contribution is 0.0697. The summed E-state index contributed by atoms with van der Waals surface area (Å²) in [6.45, 7) is 4.36. The predicted molar refractivity (Wildman–Crippen MR) is 118 cm³/mol. The molecule has 4 rings (SSSR count). The minimum absolute atomic E-state index is 0.265. The van der Waals surface area contributed by atoms with Gasteiger partial charge in [-0.25, -0.2) is 4.79 Å². The van der Waals surface area contributed by atoms with Crippen LogP contribution in [-0.4, -0.2) is 16.1 Å². The average Bonchev–Trinajstić information content (AvgIpc) is 2.74. The van der Waals surface area contributed by atoms with E-state index in [0.717, 1.165) is 33.4 Å². The number of carboxylic acids is 1. The molecule has 0 amide bonds. The molecule has 0 aliphatic carbocycles. The topological polar surface area (TPSA) is 62.2 Å². The number of carboxylic acid groups (broad SMARTS) is 1. The van der Waals surface area contributed by atoms with Gasteiger partial charge in [-0.3, -0.25) is 4.98 Å². The van der Waals surface area contributed by atoms with Crippen LogP contribution in [0.15, 0.2) is 79.0 Å². The normalized spacial score (nSPS) is 11.0. The van der Waals surface area contributed by atoms with E-state index in [0.29, 0.717) is 5.92 Å². The Hall–Kier alpha value is -3.66. The van der Waals surface area contributed by atoms with Crippen LogP contribution in [0.5, 0.6) is 0 Å². The van der Waals surface area contributed by atoms with Gasteiger partial charge in [0.05, 0.1) is 23.1 Å². The van der Waals surface area contributed by atoms with Crippen molar-refractivity contribution in [1.82, 2.24) is 4.98 Å². The first kappa shape index (κ1) is 18.7. The van der Waals surface area contributed by atoms with Crippen LogP contribution in [0, 0.1) is 0 Å². The van der Waals surface area contributed by atoms with Crippen molar-refractivity contribution in [1.29, 1.82) is 0 Å². The highest BCUT2D eigenvalue weighted by Gasteiger charge is 2.11. The number of pyridine rings is 1. The summed E-state index contributed by atoms with van der Waals surface area (Å²) in [4.78, 5) is 15.8. The average molecular weight is 382 g/mol. The third-order valence-electron chi connectivity index (χ3n) is 5.03. The Bertz CT molecular complexity index is 1180. The number of carbonyl (C=O) groups is 1. The van der Waals surface area contributed by atoms with Gasteiger partial charge in [-0.2, -0.15) is 0 Å². The molecule has 3 aromatic carbocycles. The summed E-state index contributed by atoms with van der Waals surface area (Å²) in [6, 6.07) is 23.3. The molecule has 0 radical (unpaired) electrons. The Morgan fingerprint density at radius 3 is 2.34 bits per heavy atom. The second-order valence-corrected chi connectivity index (χ2v) is 7.35. The van der Waals surface area contributed by atoms with Crippen LogP contribution >= 0.6 is 0 Å². The van der Waals surface area contributed by atoms with Crippen molar-refractivity contribution in [2.45, 2.75) is 19.8 Å². The Morgan fingerprint density at radius 1 is 0.931 bits per heavy atom. The molecule has 0 aliphatic heterocycles. The number of rotatable bonds is 5. The summed E-state index contributed by atoms with van der Waals surface area (Å²) >= 11 is 0. The number of hydrogen-bond acceptors (Lipinski definition) is 3. The van der Waals surface area contributed by atoms with E-state index < -0.39 is 5.97 Å². The molecule has 1 heterocycles. The van der Waals surface area contributed by atoms with E-state index in [1.807, 2.05) is 24.4 Å². The van der Waals surface area contributed by atoms with Crippen molar-refractivity contribution in [2.75, 3.05) is 5.32 Å².